The number of hydrogen-bond acceptors (Lipinski definition) is 4. The summed E-state index contributed by atoms with van der Waals surface area (Å²) in [6.45, 7) is 2.88. The number of rotatable bonds is 5. The van der Waals surface area contributed by atoms with Gasteiger partial charge in [0.05, 0.1) is 25.8 Å². The van der Waals surface area contributed by atoms with Gasteiger partial charge in [-0.3, -0.25) is 9.69 Å². The lowest BCUT2D eigenvalue weighted by atomic mass is 10.1. The molecular formula is C18H25ClN2O3. The van der Waals surface area contributed by atoms with Crippen LogP contribution >= 0.6 is 11.6 Å². The van der Waals surface area contributed by atoms with Gasteiger partial charge in [0.15, 0.2) is 11.5 Å². The van der Waals surface area contributed by atoms with Crippen LogP contribution in [-0.4, -0.2) is 55.6 Å². The van der Waals surface area contributed by atoms with Crippen molar-refractivity contribution in [1.29, 1.82) is 0 Å². The molecule has 1 aliphatic carbocycles. The van der Waals surface area contributed by atoms with Gasteiger partial charge in [-0.15, -0.1) is 0 Å². The largest absolute Gasteiger partial charge is 0.493 e. The van der Waals surface area contributed by atoms with Crippen molar-refractivity contribution in [2.75, 3.05) is 33.9 Å². The highest BCUT2D eigenvalue weighted by Gasteiger charge is 2.31. The van der Waals surface area contributed by atoms with E-state index in [1.807, 2.05) is 12.1 Å². The summed E-state index contributed by atoms with van der Waals surface area (Å²) in [5.41, 5.74) is 1.03. The van der Waals surface area contributed by atoms with Crippen molar-refractivity contribution < 1.29 is 14.3 Å². The maximum atomic E-state index is 12.5. The number of piperazine rings is 1. The number of carbonyl (C=O) groups is 1. The van der Waals surface area contributed by atoms with E-state index in [1.54, 1.807) is 14.2 Å². The predicted octanol–water partition coefficient (Wildman–Crippen LogP) is 2.94. The number of hydrogen-bond donors (Lipinski definition) is 0. The van der Waals surface area contributed by atoms with Crippen molar-refractivity contribution in [3.8, 4) is 11.5 Å². The fourth-order valence-corrected chi connectivity index (χ4v) is 4.10. The quantitative estimate of drug-likeness (QED) is 0.817. The molecule has 3 rings (SSSR count). The molecule has 6 heteroatoms. The van der Waals surface area contributed by atoms with Crippen LogP contribution < -0.4 is 9.47 Å². The average molecular weight is 353 g/mol. The van der Waals surface area contributed by atoms with Crippen LogP contribution in [0.5, 0.6) is 11.5 Å². The van der Waals surface area contributed by atoms with Crippen LogP contribution in [0.4, 0.5) is 0 Å². The molecule has 0 N–H and O–H groups in total. The number of amides is 1. The molecule has 0 unspecified atom stereocenters. The second kappa shape index (κ2) is 7.62. The SMILES string of the molecule is COc1cc(CN2CCN(C3CCCC3)C(=O)C2)cc(Cl)c1OC. The molecule has 24 heavy (non-hydrogen) atoms. The summed E-state index contributed by atoms with van der Waals surface area (Å²) in [6, 6.07) is 4.28. The van der Waals surface area contributed by atoms with Crippen LogP contribution in [0.15, 0.2) is 12.1 Å². The van der Waals surface area contributed by atoms with Crippen LogP contribution in [-0.2, 0) is 11.3 Å². The maximum Gasteiger partial charge on any atom is 0.237 e. The molecule has 0 spiro atoms. The van der Waals surface area contributed by atoms with Crippen LogP contribution in [0, 0.1) is 0 Å². The van der Waals surface area contributed by atoms with E-state index in [1.165, 1.54) is 12.8 Å². The Labute approximate surface area is 148 Å². The number of benzene rings is 1. The molecule has 1 saturated heterocycles. The van der Waals surface area contributed by atoms with E-state index in [0.29, 0.717) is 35.7 Å². The van der Waals surface area contributed by atoms with E-state index in [2.05, 4.69) is 9.80 Å². The molecule has 5 nitrogen and oxygen atoms in total. The summed E-state index contributed by atoms with van der Waals surface area (Å²) in [5.74, 6) is 1.42. The zero-order valence-electron chi connectivity index (χ0n) is 14.4. The molecule has 0 bridgehead atoms. The predicted molar refractivity (Wildman–Crippen MR) is 93.8 cm³/mol. The highest BCUT2D eigenvalue weighted by atomic mass is 35.5. The summed E-state index contributed by atoms with van der Waals surface area (Å²) in [7, 11) is 3.17. The first-order valence-electron chi connectivity index (χ1n) is 8.54. The highest BCUT2D eigenvalue weighted by Crippen LogP contribution is 2.36. The van der Waals surface area contributed by atoms with E-state index in [-0.39, 0.29) is 5.91 Å². The van der Waals surface area contributed by atoms with Crippen LogP contribution in [0.3, 0.4) is 0 Å². The molecule has 1 amide bonds. The van der Waals surface area contributed by atoms with E-state index in [0.717, 1.165) is 31.5 Å². The minimum absolute atomic E-state index is 0.250. The molecule has 2 fully saturated rings. The minimum atomic E-state index is 0.250. The molecule has 1 aromatic rings. The van der Waals surface area contributed by atoms with E-state index in [4.69, 9.17) is 21.1 Å². The lowest BCUT2D eigenvalue weighted by Gasteiger charge is -2.37. The van der Waals surface area contributed by atoms with Gasteiger partial charge in [0.25, 0.3) is 0 Å². The van der Waals surface area contributed by atoms with Crippen molar-refractivity contribution in [3.05, 3.63) is 22.7 Å². The van der Waals surface area contributed by atoms with Crippen LogP contribution in [0.2, 0.25) is 5.02 Å². The first-order valence-corrected chi connectivity index (χ1v) is 8.92. The number of halogens is 1. The van der Waals surface area contributed by atoms with E-state index >= 15 is 0 Å². The van der Waals surface area contributed by atoms with E-state index in [9.17, 15) is 4.79 Å². The Morgan fingerprint density at radius 3 is 2.54 bits per heavy atom. The smallest absolute Gasteiger partial charge is 0.237 e. The Kier molecular flexibility index (Phi) is 5.51. The van der Waals surface area contributed by atoms with Gasteiger partial charge >= 0.3 is 0 Å². The standard InChI is InChI=1S/C18H25ClN2O3/c1-23-16-10-13(9-15(19)18(16)24-2)11-20-7-8-21(17(22)12-20)14-5-3-4-6-14/h9-10,14H,3-8,11-12H2,1-2H3. The zero-order chi connectivity index (χ0) is 17.1. The van der Waals surface area contributed by atoms with Gasteiger partial charge in [-0.1, -0.05) is 24.4 Å². The van der Waals surface area contributed by atoms with Crippen molar-refractivity contribution in [1.82, 2.24) is 9.80 Å². The average Bonchev–Trinajstić information content (AvgIpc) is 3.08. The van der Waals surface area contributed by atoms with Gasteiger partial charge in [0.2, 0.25) is 5.91 Å². The Bertz CT molecular complexity index is 602. The third-order valence-electron chi connectivity index (χ3n) is 5.00. The second-order valence-corrected chi connectivity index (χ2v) is 6.96. The highest BCUT2D eigenvalue weighted by molar-refractivity contribution is 6.32. The van der Waals surface area contributed by atoms with Crippen LogP contribution in [0.1, 0.15) is 31.2 Å². The van der Waals surface area contributed by atoms with Crippen molar-refractivity contribution in [2.24, 2.45) is 0 Å². The lowest BCUT2D eigenvalue weighted by Crippen LogP contribution is -2.53. The van der Waals surface area contributed by atoms with Crippen molar-refractivity contribution in [3.63, 3.8) is 0 Å². The Morgan fingerprint density at radius 2 is 1.92 bits per heavy atom. The van der Waals surface area contributed by atoms with Gasteiger partial charge < -0.3 is 14.4 Å². The summed E-state index contributed by atoms with van der Waals surface area (Å²) < 4.78 is 10.6. The maximum absolute atomic E-state index is 12.5. The molecule has 0 aromatic heterocycles. The molecule has 2 aliphatic rings. The fraction of sp³-hybridized carbons (Fsp3) is 0.611. The molecule has 1 aromatic carbocycles. The number of methoxy groups -OCH3 is 2. The molecule has 1 aliphatic heterocycles. The molecule has 1 saturated carbocycles. The zero-order valence-corrected chi connectivity index (χ0v) is 15.1. The van der Waals surface area contributed by atoms with E-state index < -0.39 is 0 Å². The third-order valence-corrected chi connectivity index (χ3v) is 5.28. The summed E-state index contributed by atoms with van der Waals surface area (Å²) in [6.07, 6.45) is 4.83. The molecule has 132 valence electrons. The van der Waals surface area contributed by atoms with Gasteiger partial charge in [-0.25, -0.2) is 0 Å². The third kappa shape index (κ3) is 3.62. The molecule has 0 radical (unpaired) electrons. The Morgan fingerprint density at radius 1 is 1.17 bits per heavy atom. The van der Waals surface area contributed by atoms with Gasteiger partial charge in [0.1, 0.15) is 0 Å². The van der Waals surface area contributed by atoms with Gasteiger partial charge in [-0.2, -0.15) is 0 Å². The summed E-state index contributed by atoms with van der Waals surface area (Å²) in [4.78, 5) is 16.7. The summed E-state index contributed by atoms with van der Waals surface area (Å²) >= 11 is 6.27. The van der Waals surface area contributed by atoms with Crippen LogP contribution in [0.25, 0.3) is 0 Å². The van der Waals surface area contributed by atoms with Crippen molar-refractivity contribution >= 4 is 17.5 Å². The van der Waals surface area contributed by atoms with Crippen molar-refractivity contribution in [2.45, 2.75) is 38.3 Å². The monoisotopic (exact) mass is 352 g/mol. The Hall–Kier alpha value is -1.46. The lowest BCUT2D eigenvalue weighted by molar-refractivity contribution is -0.138. The first kappa shape index (κ1) is 17.4. The fourth-order valence-electron chi connectivity index (χ4n) is 3.79. The Balaban J connectivity index is 1.65. The second-order valence-electron chi connectivity index (χ2n) is 6.55. The molecule has 0 atom stereocenters. The number of carbonyl (C=O) groups excluding carboxylic acids is 1. The minimum Gasteiger partial charge on any atom is -0.493 e. The molecular weight excluding hydrogens is 328 g/mol. The number of nitrogens with zero attached hydrogens (tertiary/aromatic N) is 2. The van der Waals surface area contributed by atoms with Gasteiger partial charge in [-0.05, 0) is 30.5 Å². The first-order chi connectivity index (χ1) is 11.6. The normalized spacial score (nSPS) is 19.8. The van der Waals surface area contributed by atoms with Gasteiger partial charge in [0, 0.05) is 25.7 Å². The topological polar surface area (TPSA) is 42.0 Å². The summed E-state index contributed by atoms with van der Waals surface area (Å²) in [5, 5.41) is 0.530. The molecule has 1 heterocycles. The number of ether oxygens (including phenoxy) is 2.